The molecule has 1 N–H and O–H groups in total. The molecule has 0 saturated heterocycles. The van der Waals surface area contributed by atoms with Crippen LogP contribution in [0.15, 0.2) is 24.3 Å². The van der Waals surface area contributed by atoms with Crippen LogP contribution in [0.2, 0.25) is 0 Å². The molecule has 0 fully saturated rings. The van der Waals surface area contributed by atoms with Crippen LogP contribution in [0.4, 0.5) is 5.69 Å². The topological polar surface area (TPSA) is 29.1 Å². The van der Waals surface area contributed by atoms with Crippen LogP contribution in [0.25, 0.3) is 0 Å². The highest BCUT2D eigenvalue weighted by molar-refractivity contribution is 5.70. The first kappa shape index (κ1) is 9.78. The maximum absolute atomic E-state index is 10.1. The number of hydrogen-bond donors (Lipinski definition) is 1. The molecule has 0 atom stereocenters. The van der Waals surface area contributed by atoms with Crippen LogP contribution in [-0.2, 0) is 11.2 Å². The first-order valence-corrected chi connectivity index (χ1v) is 4.51. The molecule has 2 heteroatoms. The maximum Gasteiger partial charge on any atom is 0.211 e. The van der Waals surface area contributed by atoms with Crippen molar-refractivity contribution in [2.24, 2.45) is 5.92 Å². The van der Waals surface area contributed by atoms with Gasteiger partial charge in [0.15, 0.2) is 0 Å². The molecule has 0 aliphatic rings. The summed E-state index contributed by atoms with van der Waals surface area (Å²) in [5, 5.41) is 2.61. The molecule has 0 heterocycles. The molecule has 0 bridgehead atoms. The summed E-state index contributed by atoms with van der Waals surface area (Å²) in [5.74, 6) is 0.671. The summed E-state index contributed by atoms with van der Waals surface area (Å²) in [6.07, 6.45) is 1.78. The van der Waals surface area contributed by atoms with Crippen molar-refractivity contribution in [1.82, 2.24) is 0 Å². The van der Waals surface area contributed by atoms with Crippen LogP contribution in [0.1, 0.15) is 19.4 Å². The number of carbonyl (C=O) groups excluding carboxylic acids is 1. The first-order chi connectivity index (χ1) is 6.22. The predicted octanol–water partition coefficient (Wildman–Crippen LogP) is 2.45. The number of anilines is 1. The molecule has 0 aliphatic carbocycles. The Morgan fingerprint density at radius 3 is 2.38 bits per heavy atom. The Kier molecular flexibility index (Phi) is 3.50. The van der Waals surface area contributed by atoms with Crippen molar-refractivity contribution in [3.8, 4) is 0 Å². The summed E-state index contributed by atoms with van der Waals surface area (Å²) in [4.78, 5) is 10.1. The molecule has 70 valence electrons. The third-order valence-corrected chi connectivity index (χ3v) is 1.82. The largest absolute Gasteiger partial charge is 0.329 e. The molecule has 1 amide bonds. The Morgan fingerprint density at radius 1 is 1.31 bits per heavy atom. The van der Waals surface area contributed by atoms with Crippen LogP contribution in [0, 0.1) is 5.92 Å². The highest BCUT2D eigenvalue weighted by atomic mass is 16.1. The van der Waals surface area contributed by atoms with Crippen LogP contribution >= 0.6 is 0 Å². The molecule has 2 nitrogen and oxygen atoms in total. The summed E-state index contributed by atoms with van der Waals surface area (Å²) >= 11 is 0. The van der Waals surface area contributed by atoms with Gasteiger partial charge < -0.3 is 5.32 Å². The molecule has 0 saturated carbocycles. The van der Waals surface area contributed by atoms with Gasteiger partial charge in [0.25, 0.3) is 0 Å². The number of amides is 1. The van der Waals surface area contributed by atoms with Crippen LogP contribution in [0.3, 0.4) is 0 Å². The van der Waals surface area contributed by atoms with E-state index in [-0.39, 0.29) is 0 Å². The number of carbonyl (C=O) groups is 1. The van der Waals surface area contributed by atoms with Gasteiger partial charge in [0.1, 0.15) is 0 Å². The lowest BCUT2D eigenvalue weighted by atomic mass is 10.0. The van der Waals surface area contributed by atoms with Crippen molar-refractivity contribution in [3.05, 3.63) is 29.8 Å². The van der Waals surface area contributed by atoms with Gasteiger partial charge in [0, 0.05) is 5.69 Å². The second-order valence-electron chi connectivity index (χ2n) is 3.56. The maximum atomic E-state index is 10.1. The number of nitrogens with one attached hydrogen (secondary N) is 1. The number of hydrogen-bond acceptors (Lipinski definition) is 1. The minimum atomic E-state index is 0.671. The van der Waals surface area contributed by atoms with Crippen molar-refractivity contribution in [1.29, 1.82) is 0 Å². The smallest absolute Gasteiger partial charge is 0.211 e. The van der Waals surface area contributed by atoms with Crippen LogP contribution in [-0.4, -0.2) is 6.41 Å². The molecular weight excluding hydrogens is 162 g/mol. The van der Waals surface area contributed by atoms with E-state index >= 15 is 0 Å². The van der Waals surface area contributed by atoms with E-state index in [1.807, 2.05) is 24.3 Å². The molecular formula is C11H15NO. The SMILES string of the molecule is CC(C)Cc1ccc(NC=O)cc1. The highest BCUT2D eigenvalue weighted by Crippen LogP contribution is 2.12. The highest BCUT2D eigenvalue weighted by Gasteiger charge is 1.97. The third-order valence-electron chi connectivity index (χ3n) is 1.82. The fourth-order valence-electron chi connectivity index (χ4n) is 1.28. The van der Waals surface area contributed by atoms with E-state index in [0.29, 0.717) is 12.3 Å². The van der Waals surface area contributed by atoms with Gasteiger partial charge in [0.2, 0.25) is 6.41 Å². The zero-order valence-electron chi connectivity index (χ0n) is 8.08. The van der Waals surface area contributed by atoms with Crippen molar-refractivity contribution >= 4 is 12.1 Å². The van der Waals surface area contributed by atoms with Crippen LogP contribution in [0.5, 0.6) is 0 Å². The molecule has 0 spiro atoms. The van der Waals surface area contributed by atoms with Gasteiger partial charge >= 0.3 is 0 Å². The minimum Gasteiger partial charge on any atom is -0.329 e. The molecule has 1 rings (SSSR count). The zero-order chi connectivity index (χ0) is 9.68. The average Bonchev–Trinajstić information content (AvgIpc) is 2.08. The third kappa shape index (κ3) is 3.28. The average molecular weight is 177 g/mol. The number of benzene rings is 1. The first-order valence-electron chi connectivity index (χ1n) is 4.51. The van der Waals surface area contributed by atoms with E-state index in [9.17, 15) is 4.79 Å². The normalized spacial score (nSPS) is 10.1. The fourth-order valence-corrected chi connectivity index (χ4v) is 1.28. The summed E-state index contributed by atoms with van der Waals surface area (Å²) in [7, 11) is 0. The summed E-state index contributed by atoms with van der Waals surface area (Å²) in [6, 6.07) is 7.94. The molecule has 0 radical (unpaired) electrons. The van der Waals surface area contributed by atoms with Crippen molar-refractivity contribution in [2.45, 2.75) is 20.3 Å². The van der Waals surface area contributed by atoms with Gasteiger partial charge in [-0.15, -0.1) is 0 Å². The second-order valence-corrected chi connectivity index (χ2v) is 3.56. The van der Waals surface area contributed by atoms with Gasteiger partial charge in [-0.25, -0.2) is 0 Å². The van der Waals surface area contributed by atoms with E-state index in [4.69, 9.17) is 0 Å². The zero-order valence-corrected chi connectivity index (χ0v) is 8.08. The van der Waals surface area contributed by atoms with Crippen molar-refractivity contribution in [3.63, 3.8) is 0 Å². The fraction of sp³-hybridized carbons (Fsp3) is 0.364. The Bertz CT molecular complexity index is 264. The van der Waals surface area contributed by atoms with Gasteiger partial charge in [0.05, 0.1) is 0 Å². The summed E-state index contributed by atoms with van der Waals surface area (Å²) < 4.78 is 0. The Balaban J connectivity index is 2.63. The second kappa shape index (κ2) is 4.65. The lowest BCUT2D eigenvalue weighted by molar-refractivity contribution is -0.105. The quantitative estimate of drug-likeness (QED) is 0.703. The molecule has 1 aromatic carbocycles. The van der Waals surface area contributed by atoms with Crippen molar-refractivity contribution < 1.29 is 4.79 Å². The molecule has 0 unspecified atom stereocenters. The Morgan fingerprint density at radius 2 is 1.92 bits per heavy atom. The van der Waals surface area contributed by atoms with E-state index in [0.717, 1.165) is 12.1 Å². The van der Waals surface area contributed by atoms with Gasteiger partial charge in [-0.05, 0) is 30.0 Å². The number of rotatable bonds is 4. The van der Waals surface area contributed by atoms with Gasteiger partial charge in [-0.1, -0.05) is 26.0 Å². The monoisotopic (exact) mass is 177 g/mol. The van der Waals surface area contributed by atoms with Gasteiger partial charge in [-0.2, -0.15) is 0 Å². The summed E-state index contributed by atoms with van der Waals surface area (Å²) in [6.45, 7) is 4.38. The Labute approximate surface area is 79.0 Å². The van der Waals surface area contributed by atoms with Gasteiger partial charge in [-0.3, -0.25) is 4.79 Å². The van der Waals surface area contributed by atoms with E-state index in [1.54, 1.807) is 0 Å². The summed E-state index contributed by atoms with van der Waals surface area (Å²) in [5.41, 5.74) is 2.16. The van der Waals surface area contributed by atoms with E-state index in [2.05, 4.69) is 19.2 Å². The standard InChI is InChI=1S/C11H15NO/c1-9(2)7-10-3-5-11(6-4-10)12-8-13/h3-6,8-9H,7H2,1-2H3,(H,12,13). The van der Waals surface area contributed by atoms with Crippen molar-refractivity contribution in [2.75, 3.05) is 5.32 Å². The Hall–Kier alpha value is -1.31. The lowest BCUT2D eigenvalue weighted by Crippen LogP contribution is -1.96. The van der Waals surface area contributed by atoms with E-state index < -0.39 is 0 Å². The predicted molar refractivity (Wildman–Crippen MR) is 54.7 cm³/mol. The molecule has 13 heavy (non-hydrogen) atoms. The lowest BCUT2D eigenvalue weighted by Gasteiger charge is -2.05. The molecule has 0 aliphatic heterocycles. The minimum absolute atomic E-state index is 0.671. The van der Waals surface area contributed by atoms with Crippen LogP contribution < -0.4 is 5.32 Å². The molecule has 1 aromatic rings. The van der Waals surface area contributed by atoms with E-state index in [1.165, 1.54) is 5.56 Å². The molecule has 0 aromatic heterocycles.